The molecule has 1 saturated heterocycles. The van der Waals surface area contributed by atoms with Crippen LogP contribution in [0.3, 0.4) is 0 Å². The number of amides is 3. The van der Waals surface area contributed by atoms with Crippen LogP contribution in [-0.2, 0) is 14.4 Å². The molecule has 0 spiro atoms. The van der Waals surface area contributed by atoms with Crippen LogP contribution in [0.25, 0.3) is 0 Å². The summed E-state index contributed by atoms with van der Waals surface area (Å²) in [5.74, 6) is -0.461. The first-order valence-electron chi connectivity index (χ1n) is 13.2. The Balaban J connectivity index is 2.17. The molecule has 8 heteroatoms. The van der Waals surface area contributed by atoms with Gasteiger partial charge in [0.05, 0.1) is 12.1 Å². The lowest BCUT2D eigenvalue weighted by atomic mass is 9.95. The van der Waals surface area contributed by atoms with Crippen molar-refractivity contribution in [2.24, 2.45) is 11.8 Å². The van der Waals surface area contributed by atoms with E-state index in [0.717, 1.165) is 25.8 Å². The summed E-state index contributed by atoms with van der Waals surface area (Å²) < 4.78 is 0. The summed E-state index contributed by atoms with van der Waals surface area (Å²) >= 11 is 0. The highest BCUT2D eigenvalue weighted by Gasteiger charge is 2.36. The quantitative estimate of drug-likeness (QED) is 0.477. The van der Waals surface area contributed by atoms with Crippen LogP contribution in [0.1, 0.15) is 67.7 Å². The second-order valence-corrected chi connectivity index (χ2v) is 10.8. The van der Waals surface area contributed by atoms with Crippen LogP contribution >= 0.6 is 0 Å². The van der Waals surface area contributed by atoms with Crippen LogP contribution < -0.4 is 10.6 Å². The third kappa shape index (κ3) is 7.88. The number of rotatable bonds is 10. The smallest absolute Gasteiger partial charge is 0.251 e. The normalized spacial score (nSPS) is 18.8. The van der Waals surface area contributed by atoms with Crippen LogP contribution in [-0.4, -0.2) is 70.3 Å². The molecule has 2 rings (SSSR count). The predicted octanol–water partition coefficient (Wildman–Crippen LogP) is 3.85. The molecule has 3 amide bonds. The van der Waals surface area contributed by atoms with Crippen LogP contribution in [0, 0.1) is 11.8 Å². The Hall–Kier alpha value is -2.74. The lowest BCUT2D eigenvalue weighted by Crippen LogP contribution is -2.58. The molecule has 200 valence electrons. The van der Waals surface area contributed by atoms with Gasteiger partial charge in [0.1, 0.15) is 6.04 Å². The number of likely N-dealkylation sites (tertiary alicyclic amines) is 1. The molecule has 1 aliphatic rings. The van der Waals surface area contributed by atoms with Gasteiger partial charge in [0, 0.05) is 36.7 Å². The van der Waals surface area contributed by atoms with Gasteiger partial charge in [-0.3, -0.25) is 24.3 Å². The lowest BCUT2D eigenvalue weighted by molar-refractivity contribution is -0.140. The topological polar surface area (TPSA) is 94.6 Å². The maximum atomic E-state index is 13.7. The number of nitrogens with one attached hydrogen (secondary N) is 2. The molecule has 36 heavy (non-hydrogen) atoms. The highest BCUT2D eigenvalue weighted by atomic mass is 16.2. The fourth-order valence-electron chi connectivity index (χ4n) is 4.73. The standard InChI is InChI=1S/C28H45N5O3/c1-18(2)24(17-21(7)26(34)30-22-12-14-29-15-13-22)32(8)28(36)25(19(3)4)31-27(35)23-11-9-10-16-33(23)20(5)6/h12-15,17-20,23-25H,9-11,16H2,1-8H3,(H,31,35)(H,29,30,34)/b21-17+. The molecule has 1 aliphatic heterocycles. The van der Waals surface area contributed by atoms with Gasteiger partial charge in [0.25, 0.3) is 5.91 Å². The molecule has 3 unspecified atom stereocenters. The second kappa shape index (κ2) is 13.5. The Morgan fingerprint density at radius 3 is 2.25 bits per heavy atom. The molecule has 0 bridgehead atoms. The van der Waals surface area contributed by atoms with Crippen molar-refractivity contribution in [3.63, 3.8) is 0 Å². The monoisotopic (exact) mass is 499 g/mol. The highest BCUT2D eigenvalue weighted by Crippen LogP contribution is 2.21. The van der Waals surface area contributed by atoms with Crippen molar-refractivity contribution in [1.29, 1.82) is 0 Å². The van der Waals surface area contributed by atoms with Gasteiger partial charge < -0.3 is 15.5 Å². The van der Waals surface area contributed by atoms with Gasteiger partial charge in [-0.25, -0.2) is 0 Å². The number of carbonyl (C=O) groups is 3. The number of nitrogens with zero attached hydrogens (tertiary/aromatic N) is 3. The van der Waals surface area contributed by atoms with Crippen molar-refractivity contribution in [3.8, 4) is 0 Å². The maximum absolute atomic E-state index is 13.7. The van der Waals surface area contributed by atoms with E-state index in [1.807, 2.05) is 33.8 Å². The Morgan fingerprint density at radius 1 is 1.06 bits per heavy atom. The maximum Gasteiger partial charge on any atom is 0.251 e. The molecule has 2 heterocycles. The van der Waals surface area contributed by atoms with Gasteiger partial charge in [-0.05, 0) is 64.1 Å². The van der Waals surface area contributed by atoms with Gasteiger partial charge in [-0.2, -0.15) is 0 Å². The Kier molecular flexibility index (Phi) is 11.1. The molecule has 1 aromatic rings. The summed E-state index contributed by atoms with van der Waals surface area (Å²) in [6, 6.07) is 2.57. The largest absolute Gasteiger partial charge is 0.343 e. The summed E-state index contributed by atoms with van der Waals surface area (Å²) in [6.07, 6.45) is 7.98. The number of anilines is 1. The van der Waals surface area contributed by atoms with E-state index in [1.54, 1.807) is 43.4 Å². The van der Waals surface area contributed by atoms with Gasteiger partial charge in [0.2, 0.25) is 11.8 Å². The van der Waals surface area contributed by atoms with Crippen molar-refractivity contribution in [3.05, 3.63) is 36.2 Å². The minimum atomic E-state index is -0.640. The number of carbonyl (C=O) groups excluding carboxylic acids is 3. The summed E-state index contributed by atoms with van der Waals surface area (Å²) in [7, 11) is 1.75. The van der Waals surface area contributed by atoms with Crippen LogP contribution in [0.4, 0.5) is 5.69 Å². The number of piperidine rings is 1. The van der Waals surface area contributed by atoms with E-state index in [1.165, 1.54) is 0 Å². The fourth-order valence-corrected chi connectivity index (χ4v) is 4.73. The van der Waals surface area contributed by atoms with E-state index in [2.05, 4.69) is 34.4 Å². The zero-order valence-corrected chi connectivity index (χ0v) is 23.2. The van der Waals surface area contributed by atoms with E-state index in [-0.39, 0.29) is 47.7 Å². The van der Waals surface area contributed by atoms with Gasteiger partial charge in [0.15, 0.2) is 0 Å². The molecule has 2 N–H and O–H groups in total. The zero-order chi connectivity index (χ0) is 27.0. The average Bonchev–Trinajstić information content (AvgIpc) is 2.84. The molecule has 8 nitrogen and oxygen atoms in total. The SMILES string of the molecule is C/C(=C\C(C(C)C)N(C)C(=O)C(NC(=O)C1CCCCN1C(C)C)C(C)C)C(=O)Nc1ccncc1. The first kappa shape index (κ1) is 29.5. The van der Waals surface area contributed by atoms with E-state index < -0.39 is 6.04 Å². The van der Waals surface area contributed by atoms with Crippen LogP contribution in [0.15, 0.2) is 36.2 Å². The molecule has 1 aromatic heterocycles. The van der Waals surface area contributed by atoms with Crippen molar-refractivity contribution >= 4 is 23.4 Å². The minimum Gasteiger partial charge on any atom is -0.343 e. The number of hydrogen-bond acceptors (Lipinski definition) is 5. The summed E-state index contributed by atoms with van der Waals surface area (Å²) in [5, 5.41) is 5.93. The predicted molar refractivity (Wildman–Crippen MR) is 144 cm³/mol. The van der Waals surface area contributed by atoms with Crippen molar-refractivity contribution in [2.45, 2.75) is 91.9 Å². The lowest BCUT2D eigenvalue weighted by Gasteiger charge is -2.39. The highest BCUT2D eigenvalue weighted by molar-refractivity contribution is 6.03. The second-order valence-electron chi connectivity index (χ2n) is 10.8. The molecule has 0 radical (unpaired) electrons. The third-order valence-electron chi connectivity index (χ3n) is 6.94. The van der Waals surface area contributed by atoms with Crippen molar-refractivity contribution in [1.82, 2.24) is 20.1 Å². The van der Waals surface area contributed by atoms with E-state index in [0.29, 0.717) is 11.3 Å². The summed E-state index contributed by atoms with van der Waals surface area (Å²) in [4.78, 5) is 47.6. The van der Waals surface area contributed by atoms with Crippen molar-refractivity contribution in [2.75, 3.05) is 18.9 Å². The average molecular weight is 500 g/mol. The third-order valence-corrected chi connectivity index (χ3v) is 6.94. The Bertz CT molecular complexity index is 913. The molecular formula is C28H45N5O3. The Labute approximate surface area is 216 Å². The van der Waals surface area contributed by atoms with Crippen LogP contribution in [0.5, 0.6) is 0 Å². The first-order chi connectivity index (χ1) is 16.9. The number of pyridine rings is 1. The van der Waals surface area contributed by atoms with Gasteiger partial charge in [-0.1, -0.05) is 40.2 Å². The summed E-state index contributed by atoms with van der Waals surface area (Å²) in [5.41, 5.74) is 1.18. The van der Waals surface area contributed by atoms with Crippen molar-refractivity contribution < 1.29 is 14.4 Å². The van der Waals surface area contributed by atoms with Gasteiger partial charge in [-0.15, -0.1) is 0 Å². The molecule has 0 saturated carbocycles. The Morgan fingerprint density at radius 2 is 1.69 bits per heavy atom. The van der Waals surface area contributed by atoms with E-state index in [4.69, 9.17) is 0 Å². The fraction of sp³-hybridized carbons (Fsp3) is 0.643. The van der Waals surface area contributed by atoms with E-state index >= 15 is 0 Å². The molecular weight excluding hydrogens is 454 g/mol. The van der Waals surface area contributed by atoms with E-state index in [9.17, 15) is 14.4 Å². The molecule has 0 aliphatic carbocycles. The van der Waals surface area contributed by atoms with Crippen LogP contribution in [0.2, 0.25) is 0 Å². The first-order valence-corrected chi connectivity index (χ1v) is 13.2. The zero-order valence-electron chi connectivity index (χ0n) is 23.2. The van der Waals surface area contributed by atoms with Gasteiger partial charge >= 0.3 is 0 Å². The summed E-state index contributed by atoms with van der Waals surface area (Å²) in [6.45, 7) is 14.8. The molecule has 3 atom stereocenters. The number of likely N-dealkylation sites (N-methyl/N-ethyl adjacent to an activating group) is 1. The number of aromatic nitrogens is 1. The molecule has 1 fully saturated rings. The molecule has 0 aromatic carbocycles. The number of hydrogen-bond donors (Lipinski definition) is 2. The minimum absolute atomic E-state index is 0.0703.